The van der Waals surface area contributed by atoms with E-state index in [2.05, 4.69) is 0 Å². The average molecular weight is 281 g/mol. The van der Waals surface area contributed by atoms with Gasteiger partial charge in [0, 0.05) is 5.88 Å². The van der Waals surface area contributed by atoms with Gasteiger partial charge >= 0.3 is 12.1 Å². The monoisotopic (exact) mass is 280 g/mol. The van der Waals surface area contributed by atoms with Crippen LogP contribution in [0.15, 0.2) is 24.3 Å². The van der Waals surface area contributed by atoms with Gasteiger partial charge in [0.1, 0.15) is 0 Å². The van der Waals surface area contributed by atoms with Crippen molar-refractivity contribution in [2.75, 3.05) is 5.88 Å². The first-order valence-corrected chi connectivity index (χ1v) is 5.85. The quantitative estimate of drug-likeness (QED) is 0.831. The summed E-state index contributed by atoms with van der Waals surface area (Å²) in [5, 5.41) is 9.02. The molecule has 0 saturated heterocycles. The second-order valence-corrected chi connectivity index (χ2v) is 4.22. The second-order valence-electron chi connectivity index (χ2n) is 3.85. The lowest BCUT2D eigenvalue weighted by Crippen LogP contribution is -2.13. The summed E-state index contributed by atoms with van der Waals surface area (Å²) in [7, 11) is 0. The Balaban J connectivity index is 3.02. The first-order valence-electron chi connectivity index (χ1n) is 5.32. The molecule has 0 amide bonds. The van der Waals surface area contributed by atoms with Crippen LogP contribution in [-0.4, -0.2) is 17.0 Å². The van der Waals surface area contributed by atoms with Crippen LogP contribution in [0.25, 0.3) is 0 Å². The van der Waals surface area contributed by atoms with Gasteiger partial charge in [-0.3, -0.25) is 4.79 Å². The Morgan fingerprint density at radius 1 is 1.39 bits per heavy atom. The molecule has 1 rings (SSSR count). The highest BCUT2D eigenvalue weighted by molar-refractivity contribution is 6.17. The molecule has 6 heteroatoms. The molecule has 0 spiro atoms. The van der Waals surface area contributed by atoms with Gasteiger partial charge in [0.15, 0.2) is 0 Å². The summed E-state index contributed by atoms with van der Waals surface area (Å²) in [4.78, 5) is 11.0. The molecule has 18 heavy (non-hydrogen) atoms. The third-order valence-electron chi connectivity index (χ3n) is 2.54. The normalized spacial score (nSPS) is 13.3. The summed E-state index contributed by atoms with van der Waals surface area (Å²) in [6.45, 7) is 0. The number of hydrogen-bond acceptors (Lipinski definition) is 1. The van der Waals surface area contributed by atoms with Crippen LogP contribution < -0.4 is 0 Å². The van der Waals surface area contributed by atoms with E-state index < -0.39 is 23.6 Å². The number of aliphatic carboxylic acids is 1. The maximum absolute atomic E-state index is 12.5. The fourth-order valence-electron chi connectivity index (χ4n) is 1.65. The number of carbonyl (C=O) groups is 1. The van der Waals surface area contributed by atoms with E-state index in [0.29, 0.717) is 6.42 Å². The van der Waals surface area contributed by atoms with E-state index >= 15 is 0 Å². The van der Waals surface area contributed by atoms with E-state index in [4.69, 9.17) is 16.7 Å². The van der Waals surface area contributed by atoms with E-state index in [1.165, 1.54) is 12.1 Å². The molecular formula is C12H12ClF3O2. The van der Waals surface area contributed by atoms with Crippen LogP contribution in [0.4, 0.5) is 13.2 Å². The van der Waals surface area contributed by atoms with Crippen molar-refractivity contribution in [1.29, 1.82) is 0 Å². The summed E-state index contributed by atoms with van der Waals surface area (Å²) < 4.78 is 37.5. The molecule has 0 aromatic heterocycles. The molecule has 1 N–H and O–H groups in total. The van der Waals surface area contributed by atoms with E-state index in [1.807, 2.05) is 0 Å². The smallest absolute Gasteiger partial charge is 0.416 e. The van der Waals surface area contributed by atoms with Gasteiger partial charge < -0.3 is 5.11 Å². The molecule has 0 unspecified atom stereocenters. The van der Waals surface area contributed by atoms with Crippen molar-refractivity contribution in [3.63, 3.8) is 0 Å². The lowest BCUT2D eigenvalue weighted by Gasteiger charge is -2.14. The molecule has 0 aliphatic carbocycles. The van der Waals surface area contributed by atoms with Crippen LogP contribution >= 0.6 is 11.6 Å². The van der Waals surface area contributed by atoms with E-state index in [-0.39, 0.29) is 17.9 Å². The zero-order valence-electron chi connectivity index (χ0n) is 9.38. The molecule has 0 saturated carbocycles. The minimum absolute atomic E-state index is 0.155. The third-order valence-corrected chi connectivity index (χ3v) is 2.81. The summed E-state index contributed by atoms with van der Waals surface area (Å²) in [5.41, 5.74) is -0.681. The Bertz CT molecular complexity index is 418. The lowest BCUT2D eigenvalue weighted by molar-refractivity contribution is -0.140. The topological polar surface area (TPSA) is 37.3 Å². The van der Waals surface area contributed by atoms with Gasteiger partial charge in [0.25, 0.3) is 0 Å². The van der Waals surface area contributed by atoms with E-state index in [0.717, 1.165) is 12.1 Å². The zero-order chi connectivity index (χ0) is 13.8. The van der Waals surface area contributed by atoms with Crippen molar-refractivity contribution in [2.24, 2.45) is 0 Å². The van der Waals surface area contributed by atoms with Crippen molar-refractivity contribution in [2.45, 2.75) is 24.9 Å². The van der Waals surface area contributed by atoms with Gasteiger partial charge in [0.2, 0.25) is 0 Å². The largest absolute Gasteiger partial charge is 0.481 e. The molecule has 2 nitrogen and oxygen atoms in total. The Morgan fingerprint density at radius 2 is 2.06 bits per heavy atom. The summed E-state index contributed by atoms with van der Waals surface area (Å²) >= 11 is 5.47. The van der Waals surface area contributed by atoms with Crippen LogP contribution in [0, 0.1) is 0 Å². The van der Waals surface area contributed by atoms with Crippen molar-refractivity contribution >= 4 is 17.6 Å². The first-order chi connectivity index (χ1) is 8.36. The predicted octanol–water partition coefficient (Wildman–Crippen LogP) is 3.89. The second kappa shape index (κ2) is 6.09. The van der Waals surface area contributed by atoms with Gasteiger partial charge in [-0.2, -0.15) is 13.2 Å². The Morgan fingerprint density at radius 3 is 2.56 bits per heavy atom. The van der Waals surface area contributed by atoms with Crippen LogP contribution in [0.1, 0.15) is 29.9 Å². The molecule has 0 aliphatic rings. The number of hydrogen-bond donors (Lipinski definition) is 1. The molecular weight excluding hydrogens is 269 g/mol. The fraction of sp³-hybridized carbons (Fsp3) is 0.417. The fourth-order valence-corrected chi connectivity index (χ4v) is 1.80. The third kappa shape index (κ3) is 3.91. The number of halogens is 4. The highest BCUT2D eigenvalue weighted by atomic mass is 35.5. The minimum Gasteiger partial charge on any atom is -0.481 e. The molecule has 0 fully saturated rings. The Kier molecular flexibility index (Phi) is 5.02. The SMILES string of the molecule is O=C(O)[C@H](CCCCl)c1cccc(C(F)(F)F)c1. The van der Waals surface area contributed by atoms with Crippen molar-refractivity contribution in [3.05, 3.63) is 35.4 Å². The predicted molar refractivity (Wildman–Crippen MR) is 61.8 cm³/mol. The standard InChI is InChI=1S/C12H12ClF3O2/c13-6-2-5-10(11(17)18)8-3-1-4-9(7-8)12(14,15)16/h1,3-4,7,10H,2,5-6H2,(H,17,18)/t10-/m1/s1. The maximum Gasteiger partial charge on any atom is 0.416 e. The van der Waals surface area contributed by atoms with Crippen molar-refractivity contribution in [3.8, 4) is 0 Å². The molecule has 0 radical (unpaired) electrons. The molecule has 0 aliphatic heterocycles. The average Bonchev–Trinajstić information content (AvgIpc) is 2.28. The first kappa shape index (κ1) is 14.8. The van der Waals surface area contributed by atoms with Gasteiger partial charge in [-0.05, 0) is 24.5 Å². The van der Waals surface area contributed by atoms with Crippen LogP contribution in [0.2, 0.25) is 0 Å². The number of alkyl halides is 4. The highest BCUT2D eigenvalue weighted by Gasteiger charge is 2.31. The zero-order valence-corrected chi connectivity index (χ0v) is 10.1. The van der Waals surface area contributed by atoms with Crippen LogP contribution in [0.3, 0.4) is 0 Å². The summed E-state index contributed by atoms with van der Waals surface area (Å²) in [5.74, 6) is -1.81. The number of carboxylic acid groups (broad SMARTS) is 1. The Labute approximate surface area is 107 Å². The molecule has 1 aromatic rings. The maximum atomic E-state index is 12.5. The van der Waals surface area contributed by atoms with Crippen LogP contribution in [-0.2, 0) is 11.0 Å². The molecule has 1 atom stereocenters. The van der Waals surface area contributed by atoms with Gasteiger partial charge in [0.05, 0.1) is 11.5 Å². The molecule has 1 aromatic carbocycles. The number of benzene rings is 1. The summed E-state index contributed by atoms with van der Waals surface area (Å²) in [6, 6.07) is 4.41. The summed E-state index contributed by atoms with van der Waals surface area (Å²) in [6.07, 6.45) is -3.81. The van der Waals surface area contributed by atoms with Crippen molar-refractivity contribution in [1.82, 2.24) is 0 Å². The lowest BCUT2D eigenvalue weighted by atomic mass is 9.93. The molecule has 0 heterocycles. The highest BCUT2D eigenvalue weighted by Crippen LogP contribution is 2.32. The Hall–Kier alpha value is -1.23. The minimum atomic E-state index is -4.47. The van der Waals surface area contributed by atoms with Crippen molar-refractivity contribution < 1.29 is 23.1 Å². The number of rotatable bonds is 5. The van der Waals surface area contributed by atoms with Gasteiger partial charge in [-0.25, -0.2) is 0 Å². The van der Waals surface area contributed by atoms with Gasteiger partial charge in [-0.1, -0.05) is 18.2 Å². The molecule has 0 bridgehead atoms. The van der Waals surface area contributed by atoms with E-state index in [1.54, 1.807) is 0 Å². The number of carboxylic acids is 1. The van der Waals surface area contributed by atoms with Gasteiger partial charge in [-0.15, -0.1) is 11.6 Å². The van der Waals surface area contributed by atoms with Crippen LogP contribution in [0.5, 0.6) is 0 Å². The molecule has 100 valence electrons. The van der Waals surface area contributed by atoms with E-state index in [9.17, 15) is 18.0 Å².